The molecule has 0 aliphatic carbocycles. The summed E-state index contributed by atoms with van der Waals surface area (Å²) in [6, 6.07) is 5.01. The summed E-state index contributed by atoms with van der Waals surface area (Å²) in [5.74, 6) is -0.969. The molecule has 1 aromatic rings. The van der Waals surface area contributed by atoms with Crippen molar-refractivity contribution in [3.8, 4) is 0 Å². The topological polar surface area (TPSA) is 90.0 Å². The van der Waals surface area contributed by atoms with Crippen LogP contribution in [-0.2, 0) is 23.8 Å². The summed E-state index contributed by atoms with van der Waals surface area (Å²) in [6.45, 7) is 7.29. The van der Waals surface area contributed by atoms with Crippen LogP contribution in [0, 0.1) is 6.92 Å². The van der Waals surface area contributed by atoms with Gasteiger partial charge in [0.25, 0.3) is 0 Å². The van der Waals surface area contributed by atoms with E-state index < -0.39 is 33.8 Å². The van der Waals surface area contributed by atoms with E-state index in [0.29, 0.717) is 19.4 Å². The molecule has 1 aromatic carbocycles. The Bertz CT molecular complexity index is 748. The minimum Gasteiger partial charge on any atom is -0.444 e. The van der Waals surface area contributed by atoms with E-state index in [-0.39, 0.29) is 4.90 Å². The van der Waals surface area contributed by atoms with Gasteiger partial charge in [0.1, 0.15) is 16.5 Å². The highest BCUT2D eigenvalue weighted by atomic mass is 32.2. The number of hydrogen-bond acceptors (Lipinski definition) is 6. The number of rotatable bonds is 3. The van der Waals surface area contributed by atoms with Crippen LogP contribution in [0.2, 0.25) is 0 Å². The lowest BCUT2D eigenvalue weighted by atomic mass is 10.2. The van der Waals surface area contributed by atoms with Crippen molar-refractivity contribution in [3.05, 3.63) is 29.8 Å². The maximum atomic E-state index is 12.3. The third-order valence-electron chi connectivity index (χ3n) is 3.65. The predicted octanol–water partition coefficient (Wildman–Crippen LogP) is 2.63. The Balaban J connectivity index is 2.11. The van der Waals surface area contributed by atoms with Crippen molar-refractivity contribution >= 4 is 22.2 Å². The van der Waals surface area contributed by atoms with Gasteiger partial charge in [-0.1, -0.05) is 17.7 Å². The van der Waals surface area contributed by atoms with Crippen molar-refractivity contribution in [1.29, 1.82) is 0 Å². The monoisotopic (exact) mass is 369 g/mol. The van der Waals surface area contributed by atoms with E-state index in [1.54, 1.807) is 32.9 Å². The maximum Gasteiger partial charge on any atom is 0.411 e. The Labute approximate surface area is 148 Å². The fourth-order valence-corrected chi connectivity index (χ4v) is 3.36. The molecule has 138 valence electrons. The lowest BCUT2D eigenvalue weighted by Gasteiger charge is -2.27. The van der Waals surface area contributed by atoms with E-state index in [9.17, 15) is 18.0 Å². The zero-order chi connectivity index (χ0) is 18.8. The molecule has 0 saturated carbocycles. The molecule has 0 radical (unpaired) electrons. The zero-order valence-corrected chi connectivity index (χ0v) is 15.6. The number of hydrogen-bond donors (Lipinski definition) is 0. The molecular weight excluding hydrogens is 346 g/mol. The smallest absolute Gasteiger partial charge is 0.411 e. The van der Waals surface area contributed by atoms with Gasteiger partial charge >= 0.3 is 22.2 Å². The number of carbonyl (C=O) groups is 2. The van der Waals surface area contributed by atoms with Crippen LogP contribution in [0.25, 0.3) is 0 Å². The van der Waals surface area contributed by atoms with E-state index in [2.05, 4.69) is 0 Å². The van der Waals surface area contributed by atoms with Crippen molar-refractivity contribution in [1.82, 2.24) is 4.90 Å². The average molecular weight is 369 g/mol. The summed E-state index contributed by atoms with van der Waals surface area (Å²) >= 11 is 0. The second-order valence-electron chi connectivity index (χ2n) is 7.00. The van der Waals surface area contributed by atoms with Gasteiger partial charge in [-0.15, -0.1) is 0 Å². The number of carbonyl (C=O) groups excluding carboxylic acids is 2. The molecule has 1 saturated heterocycles. The molecule has 0 bridgehead atoms. The third kappa shape index (κ3) is 4.94. The van der Waals surface area contributed by atoms with Crippen molar-refractivity contribution in [3.63, 3.8) is 0 Å². The fraction of sp³-hybridized carbons (Fsp3) is 0.529. The van der Waals surface area contributed by atoms with Gasteiger partial charge in [0, 0.05) is 6.54 Å². The first-order chi connectivity index (χ1) is 11.5. The Morgan fingerprint density at radius 2 is 1.76 bits per heavy atom. The number of amides is 1. The van der Waals surface area contributed by atoms with Crippen molar-refractivity contribution in [2.45, 2.75) is 57.1 Å². The van der Waals surface area contributed by atoms with Crippen molar-refractivity contribution in [2.75, 3.05) is 6.54 Å². The lowest BCUT2D eigenvalue weighted by Crippen LogP contribution is -2.44. The first-order valence-corrected chi connectivity index (χ1v) is 9.45. The molecule has 1 aliphatic heterocycles. The van der Waals surface area contributed by atoms with Crippen LogP contribution in [0.4, 0.5) is 4.79 Å². The van der Waals surface area contributed by atoms with E-state index in [4.69, 9.17) is 8.92 Å². The van der Waals surface area contributed by atoms with Crippen LogP contribution in [0.3, 0.4) is 0 Å². The molecule has 2 rings (SSSR count). The average Bonchev–Trinajstić information content (AvgIpc) is 2.95. The normalized spacial score (nSPS) is 18.1. The van der Waals surface area contributed by atoms with Crippen LogP contribution < -0.4 is 0 Å². The first-order valence-electron chi connectivity index (χ1n) is 8.04. The standard InChI is InChI=1S/C17H23NO6S/c1-12-7-9-13(10-8-12)25(21,22)24-15(19)14-6-5-11-18(14)16(20)23-17(2,3)4/h7-10,14H,5-6,11H2,1-4H3/t14-/m0/s1. The minimum absolute atomic E-state index is 0.103. The Morgan fingerprint density at radius 1 is 1.16 bits per heavy atom. The molecule has 25 heavy (non-hydrogen) atoms. The number of likely N-dealkylation sites (tertiary alicyclic amines) is 1. The highest BCUT2D eigenvalue weighted by Crippen LogP contribution is 2.23. The van der Waals surface area contributed by atoms with Gasteiger partial charge in [0.15, 0.2) is 0 Å². The van der Waals surface area contributed by atoms with Gasteiger partial charge in [-0.05, 0) is 52.7 Å². The molecule has 7 nitrogen and oxygen atoms in total. The van der Waals surface area contributed by atoms with Crippen molar-refractivity contribution in [2.24, 2.45) is 0 Å². The number of nitrogens with zero attached hydrogens (tertiary/aromatic N) is 1. The van der Waals surface area contributed by atoms with Crippen LogP contribution in [0.5, 0.6) is 0 Å². The molecule has 1 heterocycles. The van der Waals surface area contributed by atoms with Gasteiger partial charge in [-0.3, -0.25) is 4.90 Å². The molecule has 0 spiro atoms. The molecule has 1 fully saturated rings. The molecule has 0 N–H and O–H groups in total. The molecular formula is C17H23NO6S. The summed E-state index contributed by atoms with van der Waals surface area (Å²) in [4.78, 5) is 25.6. The van der Waals surface area contributed by atoms with Crippen LogP contribution in [0.1, 0.15) is 39.2 Å². The first kappa shape index (κ1) is 19.2. The maximum absolute atomic E-state index is 12.3. The van der Waals surface area contributed by atoms with Crippen LogP contribution in [0.15, 0.2) is 29.2 Å². The lowest BCUT2D eigenvalue weighted by molar-refractivity contribution is -0.138. The van der Waals surface area contributed by atoms with Gasteiger partial charge in [-0.25, -0.2) is 9.59 Å². The number of benzene rings is 1. The highest BCUT2D eigenvalue weighted by Gasteiger charge is 2.39. The Kier molecular flexibility index (Phi) is 5.41. The van der Waals surface area contributed by atoms with Gasteiger partial charge in [0.2, 0.25) is 0 Å². The van der Waals surface area contributed by atoms with Gasteiger partial charge < -0.3 is 8.92 Å². The Morgan fingerprint density at radius 3 is 2.32 bits per heavy atom. The molecule has 8 heteroatoms. The van der Waals surface area contributed by atoms with E-state index in [1.165, 1.54) is 17.0 Å². The molecule has 1 amide bonds. The number of aryl methyl sites for hydroxylation is 1. The molecule has 0 aromatic heterocycles. The Hall–Kier alpha value is -2.09. The quantitative estimate of drug-likeness (QED) is 0.761. The van der Waals surface area contributed by atoms with Crippen LogP contribution >= 0.6 is 0 Å². The predicted molar refractivity (Wildman–Crippen MR) is 90.4 cm³/mol. The molecule has 1 atom stereocenters. The summed E-state index contributed by atoms with van der Waals surface area (Å²) in [6.07, 6.45) is 0.255. The van der Waals surface area contributed by atoms with Crippen LogP contribution in [-0.4, -0.2) is 43.6 Å². The van der Waals surface area contributed by atoms with E-state index in [0.717, 1.165) is 5.56 Å². The fourth-order valence-electron chi connectivity index (χ4n) is 2.47. The molecule has 1 aliphatic rings. The summed E-state index contributed by atoms with van der Waals surface area (Å²) < 4.78 is 34.5. The summed E-state index contributed by atoms with van der Waals surface area (Å²) in [5, 5.41) is 0. The third-order valence-corrected chi connectivity index (χ3v) is 4.89. The number of ether oxygens (including phenoxy) is 1. The van der Waals surface area contributed by atoms with Gasteiger partial charge in [0.05, 0.1) is 0 Å². The summed E-state index contributed by atoms with van der Waals surface area (Å²) in [5.41, 5.74) is 0.180. The van der Waals surface area contributed by atoms with Crippen molar-refractivity contribution < 1.29 is 26.9 Å². The highest BCUT2D eigenvalue weighted by molar-refractivity contribution is 7.87. The molecule has 0 unspecified atom stereocenters. The second-order valence-corrected chi connectivity index (χ2v) is 8.55. The van der Waals surface area contributed by atoms with E-state index in [1.807, 2.05) is 6.92 Å². The SMILES string of the molecule is Cc1ccc(S(=O)(=O)OC(=O)[C@@H]2CCCN2C(=O)OC(C)(C)C)cc1. The van der Waals surface area contributed by atoms with E-state index >= 15 is 0 Å². The minimum atomic E-state index is -4.23. The largest absolute Gasteiger partial charge is 0.444 e. The zero-order valence-electron chi connectivity index (χ0n) is 14.8. The summed E-state index contributed by atoms with van der Waals surface area (Å²) in [7, 11) is -4.23. The van der Waals surface area contributed by atoms with Gasteiger partial charge in [-0.2, -0.15) is 8.42 Å². The second kappa shape index (κ2) is 7.03.